The highest BCUT2D eigenvalue weighted by Crippen LogP contribution is 2.38. The highest BCUT2D eigenvalue weighted by molar-refractivity contribution is 9.10. The fourth-order valence-electron chi connectivity index (χ4n) is 3.41. The molecular formula is C19H28BrN2O2S. The molecule has 1 unspecified atom stereocenters. The van der Waals surface area contributed by atoms with Crippen molar-refractivity contribution in [2.24, 2.45) is 5.41 Å². The minimum absolute atomic E-state index is 0.00843. The third-order valence-corrected chi connectivity index (χ3v) is 7.60. The van der Waals surface area contributed by atoms with E-state index in [1.165, 1.54) is 18.8 Å². The van der Waals surface area contributed by atoms with Crippen molar-refractivity contribution in [3.05, 3.63) is 34.7 Å². The average molecular weight is 428 g/mol. The minimum Gasteiger partial charge on any atom is -0.313 e. The third-order valence-electron chi connectivity index (χ3n) is 5.15. The number of piperidine rings is 1. The molecule has 3 rings (SSSR count). The molecule has 1 saturated carbocycles. The topological polar surface area (TPSA) is 49.4 Å². The predicted octanol–water partition coefficient (Wildman–Crippen LogP) is 3.97. The van der Waals surface area contributed by atoms with Crippen molar-refractivity contribution < 1.29 is 8.42 Å². The Hall–Kier alpha value is -0.430. The van der Waals surface area contributed by atoms with Crippen molar-refractivity contribution in [1.29, 1.82) is 0 Å². The van der Waals surface area contributed by atoms with E-state index in [2.05, 4.69) is 42.0 Å². The molecule has 0 aromatic heterocycles. The lowest BCUT2D eigenvalue weighted by molar-refractivity contribution is 0.144. The molecule has 2 aliphatic rings. The van der Waals surface area contributed by atoms with Gasteiger partial charge in [-0.15, -0.1) is 0 Å². The summed E-state index contributed by atoms with van der Waals surface area (Å²) in [7, 11) is -3.47. The van der Waals surface area contributed by atoms with E-state index in [4.69, 9.17) is 0 Å². The van der Waals surface area contributed by atoms with Crippen LogP contribution in [0.25, 0.3) is 0 Å². The molecule has 1 aromatic carbocycles. The smallest absolute Gasteiger partial charge is 0.243 e. The van der Waals surface area contributed by atoms with Crippen LogP contribution in [0.5, 0.6) is 0 Å². The summed E-state index contributed by atoms with van der Waals surface area (Å²) in [5.41, 5.74) is -0.103. The van der Waals surface area contributed by atoms with Crippen molar-refractivity contribution in [3.63, 3.8) is 0 Å². The van der Waals surface area contributed by atoms with E-state index in [1.54, 1.807) is 28.6 Å². The Balaban J connectivity index is 1.79. The summed E-state index contributed by atoms with van der Waals surface area (Å²) < 4.78 is 29.1. The predicted molar refractivity (Wildman–Crippen MR) is 105 cm³/mol. The SMILES string of the molecule is CC(C)(C)C1C[C](CNC2CC2)CCN1S(=O)(=O)c1ccc(Br)cc1. The van der Waals surface area contributed by atoms with Gasteiger partial charge in [-0.2, -0.15) is 4.31 Å². The first-order chi connectivity index (χ1) is 11.7. The van der Waals surface area contributed by atoms with E-state index in [1.807, 2.05) is 0 Å². The number of nitrogens with zero attached hydrogens (tertiary/aromatic N) is 1. The van der Waals surface area contributed by atoms with E-state index in [0.717, 1.165) is 23.9 Å². The number of hydrogen-bond acceptors (Lipinski definition) is 3. The van der Waals surface area contributed by atoms with Crippen molar-refractivity contribution >= 4 is 26.0 Å². The molecule has 1 aliphatic heterocycles. The Morgan fingerprint density at radius 3 is 2.40 bits per heavy atom. The summed E-state index contributed by atoms with van der Waals surface area (Å²) in [4.78, 5) is 0.379. The normalized spacial score (nSPS) is 23.8. The van der Waals surface area contributed by atoms with Crippen LogP contribution in [0.3, 0.4) is 0 Å². The number of nitrogens with one attached hydrogen (secondary N) is 1. The van der Waals surface area contributed by atoms with Crippen LogP contribution in [0.1, 0.15) is 46.5 Å². The number of rotatable bonds is 5. The summed E-state index contributed by atoms with van der Waals surface area (Å²) in [6, 6.07) is 7.64. The maximum atomic E-state index is 13.2. The molecule has 0 spiro atoms. The summed E-state index contributed by atoms with van der Waals surface area (Å²) in [6.45, 7) is 7.92. The van der Waals surface area contributed by atoms with Gasteiger partial charge in [-0.05, 0) is 61.3 Å². The number of benzene rings is 1. The highest BCUT2D eigenvalue weighted by atomic mass is 79.9. The van der Waals surface area contributed by atoms with Gasteiger partial charge in [-0.25, -0.2) is 8.42 Å². The maximum absolute atomic E-state index is 13.2. The summed E-state index contributed by atoms with van der Waals surface area (Å²) in [6.07, 6.45) is 4.25. The van der Waals surface area contributed by atoms with Crippen LogP contribution in [0.2, 0.25) is 0 Å². The molecule has 6 heteroatoms. The number of hydrogen-bond donors (Lipinski definition) is 1. The summed E-state index contributed by atoms with van der Waals surface area (Å²) in [5, 5.41) is 3.58. The van der Waals surface area contributed by atoms with Crippen molar-refractivity contribution in [2.45, 2.75) is 63.4 Å². The van der Waals surface area contributed by atoms with Gasteiger partial charge in [0.05, 0.1) is 4.90 Å². The van der Waals surface area contributed by atoms with Gasteiger partial charge < -0.3 is 5.32 Å². The zero-order valence-corrected chi connectivity index (χ0v) is 17.7. The highest BCUT2D eigenvalue weighted by Gasteiger charge is 2.42. The fourth-order valence-corrected chi connectivity index (χ4v) is 5.48. The Morgan fingerprint density at radius 2 is 1.84 bits per heavy atom. The molecule has 1 heterocycles. The molecule has 25 heavy (non-hydrogen) atoms. The van der Waals surface area contributed by atoms with Gasteiger partial charge in [0.15, 0.2) is 0 Å². The van der Waals surface area contributed by atoms with Gasteiger partial charge in [-0.1, -0.05) is 36.7 Å². The molecule has 1 N–H and O–H groups in total. The summed E-state index contributed by atoms with van der Waals surface area (Å²) in [5.74, 6) is 1.45. The van der Waals surface area contributed by atoms with Gasteiger partial charge in [0.2, 0.25) is 10.0 Å². The Morgan fingerprint density at radius 1 is 1.20 bits per heavy atom. The molecule has 1 radical (unpaired) electrons. The first kappa shape index (κ1) is 19.3. The molecule has 1 aliphatic carbocycles. The molecule has 0 amide bonds. The molecule has 139 valence electrons. The van der Waals surface area contributed by atoms with E-state index < -0.39 is 10.0 Å². The van der Waals surface area contributed by atoms with Crippen LogP contribution in [0.4, 0.5) is 0 Å². The van der Waals surface area contributed by atoms with Crippen molar-refractivity contribution in [3.8, 4) is 0 Å². The quantitative estimate of drug-likeness (QED) is 0.772. The van der Waals surface area contributed by atoms with Gasteiger partial charge in [0, 0.05) is 29.6 Å². The zero-order chi connectivity index (χ0) is 18.2. The van der Waals surface area contributed by atoms with Crippen LogP contribution in [0, 0.1) is 11.3 Å². The standard InChI is InChI=1S/C19H28BrN2O2S/c1-19(2,3)18-12-14(13-21-16-6-7-16)10-11-22(18)25(23,24)17-8-4-15(20)5-9-17/h4-5,8-9,16,18,21H,6-7,10-13H2,1-3H3. The van der Waals surface area contributed by atoms with Crippen molar-refractivity contribution in [1.82, 2.24) is 9.62 Å². The lowest BCUT2D eigenvalue weighted by Gasteiger charge is -2.45. The fraction of sp³-hybridized carbons (Fsp3) is 0.632. The van der Waals surface area contributed by atoms with Crippen LogP contribution in [0.15, 0.2) is 33.6 Å². The van der Waals surface area contributed by atoms with Gasteiger partial charge in [0.1, 0.15) is 0 Å². The van der Waals surface area contributed by atoms with Gasteiger partial charge in [-0.3, -0.25) is 0 Å². The number of halogens is 1. The van der Waals surface area contributed by atoms with Gasteiger partial charge in [0.25, 0.3) is 0 Å². The van der Waals surface area contributed by atoms with E-state index >= 15 is 0 Å². The second-order valence-corrected chi connectivity index (χ2v) is 11.1. The van der Waals surface area contributed by atoms with E-state index in [-0.39, 0.29) is 11.5 Å². The largest absolute Gasteiger partial charge is 0.313 e. The first-order valence-electron chi connectivity index (χ1n) is 9.02. The first-order valence-corrected chi connectivity index (χ1v) is 11.3. The second-order valence-electron chi connectivity index (χ2n) is 8.31. The van der Waals surface area contributed by atoms with Crippen molar-refractivity contribution in [2.75, 3.05) is 13.1 Å². The van der Waals surface area contributed by atoms with Crippen LogP contribution >= 0.6 is 15.9 Å². The Labute approximate surface area is 160 Å². The molecule has 4 nitrogen and oxygen atoms in total. The Bertz CT molecular complexity index is 693. The maximum Gasteiger partial charge on any atom is 0.243 e. The van der Waals surface area contributed by atoms with Crippen LogP contribution < -0.4 is 5.32 Å². The van der Waals surface area contributed by atoms with E-state index in [0.29, 0.717) is 17.5 Å². The van der Waals surface area contributed by atoms with Gasteiger partial charge >= 0.3 is 0 Å². The molecule has 1 aromatic rings. The molecular weight excluding hydrogens is 400 g/mol. The Kier molecular flexibility index (Phi) is 5.64. The minimum atomic E-state index is -3.47. The lowest BCUT2D eigenvalue weighted by atomic mass is 9.78. The lowest BCUT2D eigenvalue weighted by Crippen LogP contribution is -2.52. The third kappa shape index (κ3) is 4.65. The van der Waals surface area contributed by atoms with Crippen LogP contribution in [-0.4, -0.2) is 37.9 Å². The summed E-state index contributed by atoms with van der Waals surface area (Å²) >= 11 is 3.37. The molecule has 1 atom stereocenters. The second kappa shape index (κ2) is 7.29. The molecule has 0 bridgehead atoms. The number of sulfonamides is 1. The van der Waals surface area contributed by atoms with Crippen LogP contribution in [-0.2, 0) is 10.0 Å². The molecule has 2 fully saturated rings. The zero-order valence-electron chi connectivity index (χ0n) is 15.3. The molecule has 1 saturated heterocycles. The monoisotopic (exact) mass is 427 g/mol. The average Bonchev–Trinajstić information content (AvgIpc) is 3.36. The van der Waals surface area contributed by atoms with E-state index in [9.17, 15) is 8.42 Å².